The van der Waals surface area contributed by atoms with Gasteiger partial charge >= 0.3 is 0 Å². The van der Waals surface area contributed by atoms with Crippen LogP contribution in [0.2, 0.25) is 0 Å². The van der Waals surface area contributed by atoms with E-state index < -0.39 is 0 Å². The fourth-order valence-corrected chi connectivity index (χ4v) is 1.53. The van der Waals surface area contributed by atoms with E-state index in [2.05, 4.69) is 0 Å². The molecule has 0 radical (unpaired) electrons. The van der Waals surface area contributed by atoms with E-state index in [-0.39, 0.29) is 6.29 Å². The molecule has 0 aliphatic carbocycles. The van der Waals surface area contributed by atoms with E-state index in [1.165, 1.54) is 0 Å². The molecular weight excluding hydrogens is 212 g/mol. The van der Waals surface area contributed by atoms with Crippen LogP contribution in [-0.4, -0.2) is 13.2 Å². The average Bonchev–Trinajstić information content (AvgIpc) is 2.29. The van der Waals surface area contributed by atoms with Crippen LogP contribution in [0.4, 0.5) is 0 Å². The van der Waals surface area contributed by atoms with Crippen LogP contribution in [0.5, 0.6) is 0 Å². The first-order valence-corrected chi connectivity index (χ1v) is 5.73. The van der Waals surface area contributed by atoms with Crippen molar-refractivity contribution >= 4 is 11.6 Å². The smallest absolute Gasteiger partial charge is 0.183 e. The molecule has 0 spiro atoms. The summed E-state index contributed by atoms with van der Waals surface area (Å²) in [5, 5.41) is 0. The molecule has 0 amide bonds. The maximum absolute atomic E-state index is 5.78. The molecule has 0 fully saturated rings. The van der Waals surface area contributed by atoms with Gasteiger partial charge in [-0.3, -0.25) is 0 Å². The first kappa shape index (κ1) is 12.5. The lowest BCUT2D eigenvalue weighted by atomic mass is 10.1. The second-order valence-corrected chi connectivity index (χ2v) is 3.39. The summed E-state index contributed by atoms with van der Waals surface area (Å²) in [6.45, 7) is 5.18. The Labute approximate surface area is 96.2 Å². The lowest BCUT2D eigenvalue weighted by molar-refractivity contribution is -0.140. The highest BCUT2D eigenvalue weighted by atomic mass is 35.5. The van der Waals surface area contributed by atoms with Gasteiger partial charge in [0, 0.05) is 24.7 Å². The zero-order chi connectivity index (χ0) is 11.1. The third-order valence-electron chi connectivity index (χ3n) is 2.01. The fraction of sp³-hybridized carbons (Fsp3) is 0.500. The quantitative estimate of drug-likeness (QED) is 0.548. The molecule has 0 aliphatic heterocycles. The summed E-state index contributed by atoms with van der Waals surface area (Å²) in [7, 11) is 0. The predicted octanol–water partition coefficient (Wildman–Crippen LogP) is 3.50. The minimum absolute atomic E-state index is 0.275. The van der Waals surface area contributed by atoms with E-state index in [9.17, 15) is 0 Å². The first-order valence-electron chi connectivity index (χ1n) is 5.19. The molecule has 0 N–H and O–H groups in total. The van der Waals surface area contributed by atoms with E-state index in [0.717, 1.165) is 11.1 Å². The van der Waals surface area contributed by atoms with Crippen molar-refractivity contribution < 1.29 is 9.47 Å². The molecular formula is C12H17ClO2. The van der Waals surface area contributed by atoms with E-state index in [1.54, 1.807) is 0 Å². The third-order valence-corrected chi connectivity index (χ3v) is 2.32. The van der Waals surface area contributed by atoms with Crippen LogP contribution in [0.25, 0.3) is 0 Å². The number of alkyl halides is 1. The molecule has 2 nitrogen and oxygen atoms in total. The number of hydrogen-bond donors (Lipinski definition) is 0. The average molecular weight is 229 g/mol. The van der Waals surface area contributed by atoms with Gasteiger partial charge in [0.15, 0.2) is 6.29 Å². The van der Waals surface area contributed by atoms with Crippen LogP contribution in [0.1, 0.15) is 31.3 Å². The van der Waals surface area contributed by atoms with Gasteiger partial charge in [0.05, 0.1) is 0 Å². The van der Waals surface area contributed by atoms with Crippen LogP contribution < -0.4 is 0 Å². The number of ether oxygens (including phenoxy) is 2. The van der Waals surface area contributed by atoms with Crippen molar-refractivity contribution in [2.75, 3.05) is 13.2 Å². The Morgan fingerprint density at radius 1 is 1.20 bits per heavy atom. The monoisotopic (exact) mass is 228 g/mol. The molecule has 0 bridgehead atoms. The van der Waals surface area contributed by atoms with Gasteiger partial charge in [-0.05, 0) is 25.5 Å². The van der Waals surface area contributed by atoms with E-state index in [0.29, 0.717) is 19.1 Å². The van der Waals surface area contributed by atoms with Crippen LogP contribution in [-0.2, 0) is 15.4 Å². The first-order chi connectivity index (χ1) is 7.31. The maximum atomic E-state index is 5.78. The Morgan fingerprint density at radius 3 is 2.40 bits per heavy atom. The third kappa shape index (κ3) is 3.82. The van der Waals surface area contributed by atoms with Crippen LogP contribution >= 0.6 is 11.6 Å². The highest BCUT2D eigenvalue weighted by Gasteiger charge is 2.10. The van der Waals surface area contributed by atoms with Crippen molar-refractivity contribution in [1.29, 1.82) is 0 Å². The largest absolute Gasteiger partial charge is 0.349 e. The van der Waals surface area contributed by atoms with Gasteiger partial charge in [-0.1, -0.05) is 18.2 Å². The van der Waals surface area contributed by atoms with Crippen LogP contribution in [0.3, 0.4) is 0 Å². The van der Waals surface area contributed by atoms with Gasteiger partial charge in [0.2, 0.25) is 0 Å². The zero-order valence-electron chi connectivity index (χ0n) is 9.20. The van der Waals surface area contributed by atoms with Gasteiger partial charge in [-0.15, -0.1) is 11.6 Å². The normalized spacial score (nSPS) is 10.9. The number of hydrogen-bond acceptors (Lipinski definition) is 2. The maximum Gasteiger partial charge on any atom is 0.183 e. The second kappa shape index (κ2) is 6.83. The number of benzene rings is 1. The van der Waals surface area contributed by atoms with Crippen LogP contribution in [0.15, 0.2) is 24.3 Å². The van der Waals surface area contributed by atoms with Crippen molar-refractivity contribution in [1.82, 2.24) is 0 Å². The minimum Gasteiger partial charge on any atom is -0.349 e. The SMILES string of the molecule is CCOC(OCC)c1cccc(CCl)c1. The molecule has 0 unspecified atom stereocenters. The molecule has 15 heavy (non-hydrogen) atoms. The van der Waals surface area contributed by atoms with Crippen molar-refractivity contribution in [3.05, 3.63) is 35.4 Å². The van der Waals surface area contributed by atoms with Gasteiger partial charge in [-0.2, -0.15) is 0 Å². The number of halogens is 1. The topological polar surface area (TPSA) is 18.5 Å². The lowest BCUT2D eigenvalue weighted by Crippen LogP contribution is -2.08. The molecule has 0 aliphatic rings. The summed E-state index contributed by atoms with van der Waals surface area (Å²) in [6.07, 6.45) is -0.275. The highest BCUT2D eigenvalue weighted by Crippen LogP contribution is 2.20. The van der Waals surface area contributed by atoms with Crippen molar-refractivity contribution in [2.24, 2.45) is 0 Å². The molecule has 84 valence electrons. The summed E-state index contributed by atoms with van der Waals surface area (Å²) < 4.78 is 11.0. The van der Waals surface area contributed by atoms with Gasteiger partial charge < -0.3 is 9.47 Å². The zero-order valence-corrected chi connectivity index (χ0v) is 9.96. The van der Waals surface area contributed by atoms with Gasteiger partial charge in [0.25, 0.3) is 0 Å². The minimum atomic E-state index is -0.275. The Balaban J connectivity index is 2.79. The predicted molar refractivity (Wildman–Crippen MR) is 62.0 cm³/mol. The highest BCUT2D eigenvalue weighted by molar-refractivity contribution is 6.17. The molecule has 1 rings (SSSR count). The molecule has 3 heteroatoms. The molecule has 0 saturated carbocycles. The van der Waals surface area contributed by atoms with Crippen molar-refractivity contribution in [2.45, 2.75) is 26.0 Å². The standard InChI is InChI=1S/C12H17ClO2/c1-3-14-12(15-4-2)11-7-5-6-10(8-11)9-13/h5-8,12H,3-4,9H2,1-2H3. The summed E-state index contributed by atoms with van der Waals surface area (Å²) in [5.74, 6) is 0.513. The van der Waals surface area contributed by atoms with E-state index in [4.69, 9.17) is 21.1 Å². The summed E-state index contributed by atoms with van der Waals surface area (Å²) >= 11 is 5.78. The Bertz CT molecular complexity index is 283. The van der Waals surface area contributed by atoms with Crippen molar-refractivity contribution in [3.63, 3.8) is 0 Å². The van der Waals surface area contributed by atoms with Gasteiger partial charge in [-0.25, -0.2) is 0 Å². The molecule has 0 aromatic heterocycles. The second-order valence-electron chi connectivity index (χ2n) is 3.12. The Morgan fingerprint density at radius 2 is 1.87 bits per heavy atom. The van der Waals surface area contributed by atoms with Crippen LogP contribution in [0, 0.1) is 0 Å². The summed E-state index contributed by atoms with van der Waals surface area (Å²) in [6, 6.07) is 7.97. The molecule has 1 aromatic carbocycles. The fourth-order valence-electron chi connectivity index (χ4n) is 1.37. The number of rotatable bonds is 6. The molecule has 0 heterocycles. The Hall–Kier alpha value is -0.570. The summed E-state index contributed by atoms with van der Waals surface area (Å²) in [4.78, 5) is 0. The summed E-state index contributed by atoms with van der Waals surface area (Å²) in [5.41, 5.74) is 2.11. The Kier molecular flexibility index (Phi) is 5.69. The van der Waals surface area contributed by atoms with Gasteiger partial charge in [0.1, 0.15) is 0 Å². The van der Waals surface area contributed by atoms with E-state index >= 15 is 0 Å². The lowest BCUT2D eigenvalue weighted by Gasteiger charge is -2.17. The van der Waals surface area contributed by atoms with E-state index in [1.807, 2.05) is 38.1 Å². The molecule has 0 atom stereocenters. The molecule has 1 aromatic rings. The van der Waals surface area contributed by atoms with Crippen molar-refractivity contribution in [3.8, 4) is 0 Å². The molecule has 0 saturated heterocycles.